The van der Waals surface area contributed by atoms with Gasteiger partial charge in [-0.25, -0.2) is 0 Å². The summed E-state index contributed by atoms with van der Waals surface area (Å²) < 4.78 is 67.0. The Morgan fingerprint density at radius 3 is 0.788 bits per heavy atom. The van der Waals surface area contributed by atoms with Crippen LogP contribution in [-0.4, -0.2) is 116 Å². The second-order valence-corrected chi connectivity index (χ2v) is 8.64. The molecule has 0 spiro atoms. The lowest BCUT2D eigenvalue weighted by molar-refractivity contribution is -0.237. The Balaban J connectivity index is 5.51. The van der Waals surface area contributed by atoms with Gasteiger partial charge in [0.15, 0.2) is 25.2 Å². The number of hydrogen-bond donors (Lipinski definition) is 0. The first-order valence-corrected chi connectivity index (χ1v) is 12.6. The summed E-state index contributed by atoms with van der Waals surface area (Å²) in [5, 5.41) is 0. The Bertz CT molecular complexity index is 356. The monoisotopic (exact) mass is 504 g/mol. The highest BCUT2D eigenvalue weighted by atomic mass is 28.4. The molecule has 0 aliphatic rings. The Hall–Kier alpha value is -0.263. The fourth-order valence-corrected chi connectivity index (χ4v) is 4.54. The van der Waals surface area contributed by atoms with E-state index in [2.05, 4.69) is 0 Å². The molecule has 0 N–H and O–H groups in total. The van der Waals surface area contributed by atoms with Crippen molar-refractivity contribution in [2.75, 3.05) is 81.3 Å². The van der Waals surface area contributed by atoms with E-state index in [0.29, 0.717) is 52.9 Å². The van der Waals surface area contributed by atoms with Crippen molar-refractivity contribution in [1.82, 2.24) is 0 Å². The van der Waals surface area contributed by atoms with E-state index in [1.807, 2.05) is 0 Å². The lowest BCUT2D eigenvalue weighted by Crippen LogP contribution is -2.57. The molecular formula is C20H44O12Si. The largest absolute Gasteiger partial charge is 0.687 e. The number of methoxy groups -OCH3 is 4. The van der Waals surface area contributed by atoms with E-state index in [-0.39, 0.29) is 0 Å². The van der Waals surface area contributed by atoms with Crippen molar-refractivity contribution in [1.29, 1.82) is 0 Å². The Morgan fingerprint density at radius 1 is 0.394 bits per heavy atom. The molecule has 0 rings (SSSR count). The van der Waals surface area contributed by atoms with E-state index in [0.717, 1.165) is 0 Å². The van der Waals surface area contributed by atoms with Crippen molar-refractivity contribution < 1.29 is 55.6 Å². The van der Waals surface area contributed by atoms with Crippen LogP contribution in [0, 0.1) is 0 Å². The summed E-state index contributed by atoms with van der Waals surface area (Å²) in [5.41, 5.74) is 0. The molecule has 0 fully saturated rings. The third-order valence-electron chi connectivity index (χ3n) is 3.80. The molecule has 0 heterocycles. The average molecular weight is 505 g/mol. The van der Waals surface area contributed by atoms with Gasteiger partial charge in [-0.05, 0) is 27.7 Å². The van der Waals surface area contributed by atoms with Crippen molar-refractivity contribution in [3.63, 3.8) is 0 Å². The van der Waals surface area contributed by atoms with Gasteiger partial charge in [-0.2, -0.15) is 0 Å². The second-order valence-electron chi connectivity index (χ2n) is 6.70. The predicted molar refractivity (Wildman–Crippen MR) is 119 cm³/mol. The smallest absolute Gasteiger partial charge is 0.382 e. The third-order valence-corrected chi connectivity index (χ3v) is 6.28. The zero-order valence-electron chi connectivity index (χ0n) is 21.4. The van der Waals surface area contributed by atoms with Gasteiger partial charge >= 0.3 is 9.05 Å². The molecule has 4 atom stereocenters. The van der Waals surface area contributed by atoms with Crippen LogP contribution in [0.5, 0.6) is 0 Å². The van der Waals surface area contributed by atoms with Gasteiger partial charge in [0.05, 0.1) is 52.9 Å². The van der Waals surface area contributed by atoms with Crippen molar-refractivity contribution in [3.05, 3.63) is 0 Å². The minimum atomic E-state index is -3.95. The highest BCUT2D eigenvalue weighted by Crippen LogP contribution is 2.23. The maximum atomic E-state index is 6.08. The fraction of sp³-hybridized carbons (Fsp3) is 1.00. The van der Waals surface area contributed by atoms with Crippen LogP contribution in [0.4, 0.5) is 0 Å². The molecule has 12 nitrogen and oxygen atoms in total. The summed E-state index contributed by atoms with van der Waals surface area (Å²) in [6, 6.07) is 0. The van der Waals surface area contributed by atoms with Crippen molar-refractivity contribution in [2.45, 2.75) is 52.9 Å². The van der Waals surface area contributed by atoms with Gasteiger partial charge in [0.1, 0.15) is 0 Å². The number of hydrogen-bond acceptors (Lipinski definition) is 12. The Morgan fingerprint density at radius 2 is 0.606 bits per heavy atom. The zero-order valence-corrected chi connectivity index (χ0v) is 22.4. The lowest BCUT2D eigenvalue weighted by atomic mass is 10.7. The third kappa shape index (κ3) is 17.8. The summed E-state index contributed by atoms with van der Waals surface area (Å²) in [4.78, 5) is 0. The normalized spacial score (nSPS) is 17.5. The van der Waals surface area contributed by atoms with E-state index in [1.54, 1.807) is 56.1 Å². The van der Waals surface area contributed by atoms with Gasteiger partial charge in [0.2, 0.25) is 0 Å². The maximum Gasteiger partial charge on any atom is 0.687 e. The minimum absolute atomic E-state index is 0.307. The molecule has 0 bridgehead atoms. The highest BCUT2D eigenvalue weighted by molar-refractivity contribution is 6.53. The summed E-state index contributed by atoms with van der Waals surface area (Å²) in [6.45, 7) is 9.64. The first-order valence-electron chi connectivity index (χ1n) is 11.0. The lowest BCUT2D eigenvalue weighted by Gasteiger charge is -2.35. The molecule has 0 aliphatic carbocycles. The quantitative estimate of drug-likeness (QED) is 0.108. The number of rotatable bonds is 24. The topological polar surface area (TPSA) is 111 Å². The van der Waals surface area contributed by atoms with E-state index in [9.17, 15) is 0 Å². The van der Waals surface area contributed by atoms with Gasteiger partial charge in [-0.3, -0.25) is 0 Å². The first kappa shape index (κ1) is 32.7. The molecule has 0 aromatic rings. The molecule has 200 valence electrons. The van der Waals surface area contributed by atoms with Crippen LogP contribution < -0.4 is 0 Å². The van der Waals surface area contributed by atoms with Crippen molar-refractivity contribution >= 4 is 9.05 Å². The average Bonchev–Trinajstić information content (AvgIpc) is 2.74. The molecule has 13 heteroatoms. The molecular weight excluding hydrogens is 460 g/mol. The van der Waals surface area contributed by atoms with E-state index in [1.165, 1.54) is 0 Å². The van der Waals surface area contributed by atoms with Crippen LogP contribution in [0.2, 0.25) is 0 Å². The van der Waals surface area contributed by atoms with E-state index < -0.39 is 34.2 Å². The van der Waals surface area contributed by atoms with Gasteiger partial charge in [-0.1, -0.05) is 0 Å². The Labute approximate surface area is 199 Å². The molecule has 0 aromatic heterocycles. The van der Waals surface area contributed by atoms with Gasteiger partial charge in [0.25, 0.3) is 0 Å². The molecule has 33 heavy (non-hydrogen) atoms. The second kappa shape index (κ2) is 21.1. The molecule has 0 aromatic carbocycles. The van der Waals surface area contributed by atoms with E-state index >= 15 is 0 Å². The summed E-state index contributed by atoms with van der Waals surface area (Å²) in [5.74, 6) is 0. The molecule has 0 aliphatic heterocycles. The van der Waals surface area contributed by atoms with Gasteiger partial charge < -0.3 is 55.6 Å². The van der Waals surface area contributed by atoms with Crippen LogP contribution in [0.15, 0.2) is 0 Å². The van der Waals surface area contributed by atoms with Crippen molar-refractivity contribution in [2.24, 2.45) is 0 Å². The maximum absolute atomic E-state index is 6.08. The molecule has 0 amide bonds. The van der Waals surface area contributed by atoms with Crippen LogP contribution in [0.3, 0.4) is 0 Å². The first-order chi connectivity index (χ1) is 15.8. The van der Waals surface area contributed by atoms with Crippen LogP contribution in [0.25, 0.3) is 0 Å². The standard InChI is InChI=1S/C20H44O12Si/c1-17(25-13-9-21-5)29-33(30-18(2)26-14-10-22-6,31-19(3)27-15-11-23-7)32-20(4)28-16-12-24-8/h17-20H,9-16H2,1-8H3. The van der Waals surface area contributed by atoms with Crippen LogP contribution in [0.1, 0.15) is 27.7 Å². The summed E-state index contributed by atoms with van der Waals surface area (Å²) in [6.07, 6.45) is -2.96. The minimum Gasteiger partial charge on any atom is -0.382 e. The highest BCUT2D eigenvalue weighted by Gasteiger charge is 2.52. The SMILES string of the molecule is COCCOC(C)O[Si](OC(C)OCCOC)(OC(C)OCCOC)OC(C)OCCOC. The van der Waals surface area contributed by atoms with Crippen molar-refractivity contribution in [3.8, 4) is 0 Å². The summed E-state index contributed by atoms with van der Waals surface area (Å²) in [7, 11) is 2.38. The molecule has 4 unspecified atom stereocenters. The van der Waals surface area contributed by atoms with Crippen LogP contribution in [-0.2, 0) is 55.6 Å². The fourth-order valence-electron chi connectivity index (χ4n) is 2.31. The summed E-state index contributed by atoms with van der Waals surface area (Å²) >= 11 is 0. The van der Waals surface area contributed by atoms with E-state index in [4.69, 9.17) is 55.6 Å². The molecule has 0 saturated carbocycles. The van der Waals surface area contributed by atoms with Gasteiger partial charge in [-0.15, -0.1) is 0 Å². The predicted octanol–water partition coefficient (Wildman–Crippen LogP) is 1.52. The Kier molecular flexibility index (Phi) is 20.9. The molecule has 0 radical (unpaired) electrons. The number of ether oxygens (including phenoxy) is 8. The van der Waals surface area contributed by atoms with Gasteiger partial charge in [0, 0.05) is 28.4 Å². The molecule has 0 saturated heterocycles. The zero-order chi connectivity index (χ0) is 25.0. The van der Waals surface area contributed by atoms with Crippen LogP contribution >= 0.6 is 0 Å².